The molecule has 25 heavy (non-hydrogen) atoms. The Bertz CT molecular complexity index is 676. The maximum absolute atomic E-state index is 12.6. The van der Waals surface area contributed by atoms with Crippen LogP contribution in [0.15, 0.2) is 24.3 Å². The maximum atomic E-state index is 12.6. The summed E-state index contributed by atoms with van der Waals surface area (Å²) in [6, 6.07) is 6.91. The molecule has 2 saturated heterocycles. The minimum absolute atomic E-state index is 0. The van der Waals surface area contributed by atoms with Crippen LogP contribution in [0.5, 0.6) is 0 Å². The minimum Gasteiger partial charge on any atom is -0.344 e. The van der Waals surface area contributed by atoms with E-state index >= 15 is 0 Å². The summed E-state index contributed by atoms with van der Waals surface area (Å²) in [7, 11) is 0. The number of hydrogen-bond acceptors (Lipinski definition) is 3. The number of anilines is 1. The lowest BCUT2D eigenvalue weighted by molar-refractivity contribution is -0.127. The molecule has 1 spiro atoms. The van der Waals surface area contributed by atoms with Gasteiger partial charge in [-0.1, -0.05) is 23.7 Å². The zero-order chi connectivity index (χ0) is 16.7. The number of piperidine rings is 1. The number of carbonyl (C=O) groups excluding carboxylic acids is 2. The van der Waals surface area contributed by atoms with Gasteiger partial charge in [-0.25, -0.2) is 0 Å². The van der Waals surface area contributed by atoms with Crippen LogP contribution in [-0.2, 0) is 9.59 Å². The van der Waals surface area contributed by atoms with Crippen molar-refractivity contribution < 1.29 is 9.59 Å². The van der Waals surface area contributed by atoms with E-state index in [0.29, 0.717) is 18.0 Å². The van der Waals surface area contributed by atoms with Crippen LogP contribution in [0.1, 0.15) is 25.7 Å². The third-order valence-corrected chi connectivity index (χ3v) is 6.09. The summed E-state index contributed by atoms with van der Waals surface area (Å²) in [5.74, 6) is 0.0782. The number of benzene rings is 1. The van der Waals surface area contributed by atoms with Crippen LogP contribution in [0.2, 0.25) is 5.02 Å². The Morgan fingerprint density at radius 3 is 2.72 bits per heavy atom. The van der Waals surface area contributed by atoms with Crippen molar-refractivity contribution in [3.8, 4) is 0 Å². The number of para-hydroxylation sites is 1. The van der Waals surface area contributed by atoms with Crippen molar-refractivity contribution in [2.75, 3.05) is 24.5 Å². The van der Waals surface area contributed by atoms with Crippen molar-refractivity contribution >= 4 is 41.5 Å². The van der Waals surface area contributed by atoms with E-state index in [0.717, 1.165) is 38.0 Å². The number of amides is 2. The summed E-state index contributed by atoms with van der Waals surface area (Å²) in [4.78, 5) is 26.9. The molecule has 7 heteroatoms. The van der Waals surface area contributed by atoms with E-state index in [9.17, 15) is 9.59 Å². The fourth-order valence-electron chi connectivity index (χ4n) is 4.19. The molecule has 5 nitrogen and oxygen atoms in total. The van der Waals surface area contributed by atoms with Crippen LogP contribution in [0.4, 0.5) is 5.69 Å². The summed E-state index contributed by atoms with van der Waals surface area (Å²) >= 11 is 6.19. The fourth-order valence-corrected chi connectivity index (χ4v) is 4.43. The van der Waals surface area contributed by atoms with Gasteiger partial charge in [-0.3, -0.25) is 9.59 Å². The number of nitrogens with one attached hydrogen (secondary N) is 2. The largest absolute Gasteiger partial charge is 0.344 e. The Morgan fingerprint density at radius 2 is 2.00 bits per heavy atom. The average molecular weight is 384 g/mol. The standard InChI is InChI=1S/C18H22ClN3O2.ClH/c19-13-3-1-2-4-15(13)22-10-5-14(17(22)24)21-16(23)12-11-18(12)6-8-20-9-7-18;/h1-4,12,14,20H,5-11H2,(H,21,23);1H. The molecule has 2 aliphatic heterocycles. The second kappa shape index (κ2) is 7.14. The summed E-state index contributed by atoms with van der Waals surface area (Å²) in [6.45, 7) is 2.58. The molecule has 3 aliphatic rings. The Hall–Kier alpha value is -1.30. The van der Waals surface area contributed by atoms with Gasteiger partial charge >= 0.3 is 0 Å². The van der Waals surface area contributed by atoms with Crippen LogP contribution in [0.25, 0.3) is 0 Å². The van der Waals surface area contributed by atoms with Crippen LogP contribution in [0, 0.1) is 11.3 Å². The zero-order valence-corrected chi connectivity index (χ0v) is 15.5. The molecule has 3 fully saturated rings. The second-order valence-corrected chi connectivity index (χ2v) is 7.57. The van der Waals surface area contributed by atoms with Crippen molar-refractivity contribution in [3.05, 3.63) is 29.3 Å². The van der Waals surface area contributed by atoms with Crippen molar-refractivity contribution in [2.24, 2.45) is 11.3 Å². The molecule has 0 radical (unpaired) electrons. The molecule has 1 saturated carbocycles. The first-order valence-electron chi connectivity index (χ1n) is 8.68. The highest BCUT2D eigenvalue weighted by molar-refractivity contribution is 6.34. The Kier molecular flexibility index (Phi) is 5.28. The lowest BCUT2D eigenvalue weighted by Gasteiger charge is -2.23. The monoisotopic (exact) mass is 383 g/mol. The zero-order valence-electron chi connectivity index (χ0n) is 14.0. The molecule has 0 aromatic heterocycles. The van der Waals surface area contributed by atoms with Gasteiger partial charge in [-0.05, 0) is 56.3 Å². The van der Waals surface area contributed by atoms with Crippen LogP contribution in [-0.4, -0.2) is 37.5 Å². The molecule has 1 aliphatic carbocycles. The van der Waals surface area contributed by atoms with Crippen molar-refractivity contribution in [3.63, 3.8) is 0 Å². The van der Waals surface area contributed by atoms with E-state index in [1.165, 1.54) is 0 Å². The predicted molar refractivity (Wildman–Crippen MR) is 100 cm³/mol. The van der Waals surface area contributed by atoms with E-state index in [1.807, 2.05) is 18.2 Å². The highest BCUT2D eigenvalue weighted by atomic mass is 35.5. The van der Waals surface area contributed by atoms with Gasteiger partial charge in [0.2, 0.25) is 11.8 Å². The van der Waals surface area contributed by atoms with Gasteiger partial charge in [0, 0.05) is 12.5 Å². The Labute approximate surface area is 158 Å². The van der Waals surface area contributed by atoms with Crippen molar-refractivity contribution in [2.45, 2.75) is 31.7 Å². The van der Waals surface area contributed by atoms with Crippen LogP contribution >= 0.6 is 24.0 Å². The smallest absolute Gasteiger partial charge is 0.249 e. The highest BCUT2D eigenvalue weighted by Crippen LogP contribution is 2.58. The fraction of sp³-hybridized carbons (Fsp3) is 0.556. The molecule has 2 atom stereocenters. The molecule has 0 bridgehead atoms. The molecular formula is C18H23Cl2N3O2. The quantitative estimate of drug-likeness (QED) is 0.841. The van der Waals surface area contributed by atoms with E-state index in [-0.39, 0.29) is 35.6 Å². The second-order valence-electron chi connectivity index (χ2n) is 7.16. The van der Waals surface area contributed by atoms with Crippen molar-refractivity contribution in [1.29, 1.82) is 0 Å². The molecule has 2 amide bonds. The van der Waals surface area contributed by atoms with Gasteiger partial charge < -0.3 is 15.5 Å². The minimum atomic E-state index is -0.423. The number of halogens is 2. The first kappa shape index (κ1) is 18.5. The molecule has 4 rings (SSSR count). The summed E-state index contributed by atoms with van der Waals surface area (Å²) in [5, 5.41) is 6.90. The van der Waals surface area contributed by atoms with Crippen molar-refractivity contribution in [1.82, 2.24) is 10.6 Å². The Balaban J connectivity index is 0.00000182. The van der Waals surface area contributed by atoms with Gasteiger partial charge in [0.25, 0.3) is 0 Å². The molecule has 2 unspecified atom stereocenters. The van der Waals surface area contributed by atoms with Crippen LogP contribution < -0.4 is 15.5 Å². The molecule has 2 N–H and O–H groups in total. The lowest BCUT2D eigenvalue weighted by Crippen LogP contribution is -2.43. The van der Waals surface area contributed by atoms with Gasteiger partial charge in [0.15, 0.2) is 0 Å². The third kappa shape index (κ3) is 3.37. The molecule has 1 aromatic carbocycles. The summed E-state index contributed by atoms with van der Waals surface area (Å²) < 4.78 is 0. The molecule has 1 aromatic rings. The number of rotatable bonds is 3. The normalized spacial score (nSPS) is 27.1. The van der Waals surface area contributed by atoms with E-state index < -0.39 is 6.04 Å². The van der Waals surface area contributed by atoms with Gasteiger partial charge in [0.05, 0.1) is 10.7 Å². The molecule has 2 heterocycles. The number of carbonyl (C=O) groups is 2. The Morgan fingerprint density at radius 1 is 1.28 bits per heavy atom. The van der Waals surface area contributed by atoms with E-state index in [1.54, 1.807) is 11.0 Å². The number of nitrogens with zero attached hydrogens (tertiary/aromatic N) is 1. The molecular weight excluding hydrogens is 361 g/mol. The molecule has 136 valence electrons. The maximum Gasteiger partial charge on any atom is 0.249 e. The number of hydrogen-bond donors (Lipinski definition) is 2. The first-order valence-corrected chi connectivity index (χ1v) is 9.05. The predicted octanol–water partition coefficient (Wildman–Crippen LogP) is 2.37. The van der Waals surface area contributed by atoms with Gasteiger partial charge in [-0.15, -0.1) is 12.4 Å². The highest BCUT2D eigenvalue weighted by Gasteiger charge is 2.58. The summed E-state index contributed by atoms with van der Waals surface area (Å²) in [5.41, 5.74) is 0.918. The van der Waals surface area contributed by atoms with Gasteiger partial charge in [0.1, 0.15) is 6.04 Å². The lowest BCUT2D eigenvalue weighted by atomic mass is 9.91. The van der Waals surface area contributed by atoms with Crippen LogP contribution in [0.3, 0.4) is 0 Å². The first-order chi connectivity index (χ1) is 11.6. The summed E-state index contributed by atoms with van der Waals surface area (Å²) in [6.07, 6.45) is 3.73. The third-order valence-electron chi connectivity index (χ3n) is 5.77. The van der Waals surface area contributed by atoms with E-state index in [2.05, 4.69) is 10.6 Å². The van der Waals surface area contributed by atoms with E-state index in [4.69, 9.17) is 11.6 Å². The SMILES string of the molecule is Cl.O=C(NC1CCN(c2ccccc2Cl)C1=O)C1CC12CCNCC2. The average Bonchev–Trinajstić information content (AvgIpc) is 3.16. The van der Waals surface area contributed by atoms with Gasteiger partial charge in [-0.2, -0.15) is 0 Å². The topological polar surface area (TPSA) is 61.4 Å².